The maximum atomic E-state index is 11.7. The number of rotatable bonds is 6. The predicted octanol–water partition coefficient (Wildman–Crippen LogP) is 2.07. The van der Waals surface area contributed by atoms with Gasteiger partial charge >= 0.3 is 0 Å². The van der Waals surface area contributed by atoms with Gasteiger partial charge in [0.1, 0.15) is 5.76 Å². The highest BCUT2D eigenvalue weighted by Gasteiger charge is 2.03. The molecule has 1 aromatic heterocycles. The summed E-state index contributed by atoms with van der Waals surface area (Å²) in [4.78, 5) is 13.8. The number of nitrogens with one attached hydrogen (secondary N) is 2. The van der Waals surface area contributed by atoms with E-state index in [4.69, 9.17) is 4.42 Å². The molecule has 0 bridgehead atoms. The van der Waals surface area contributed by atoms with E-state index in [-0.39, 0.29) is 12.5 Å². The van der Waals surface area contributed by atoms with Gasteiger partial charge in [-0.3, -0.25) is 4.79 Å². The Kier molecular flexibility index (Phi) is 4.79. The van der Waals surface area contributed by atoms with Crippen LogP contribution in [-0.2, 0) is 11.3 Å². The molecule has 0 spiro atoms. The van der Waals surface area contributed by atoms with E-state index in [0.29, 0.717) is 6.54 Å². The average molecular weight is 273 g/mol. The topological polar surface area (TPSA) is 57.5 Å². The van der Waals surface area contributed by atoms with Crippen LogP contribution in [0.15, 0.2) is 47.1 Å². The normalized spacial score (nSPS) is 10.3. The highest BCUT2D eigenvalue weighted by atomic mass is 16.3. The van der Waals surface area contributed by atoms with Crippen LogP contribution in [0.4, 0.5) is 11.4 Å². The Morgan fingerprint density at radius 2 is 1.95 bits per heavy atom. The first kappa shape index (κ1) is 14.1. The summed E-state index contributed by atoms with van der Waals surface area (Å²) in [6.45, 7) is 0.788. The van der Waals surface area contributed by atoms with E-state index in [1.165, 1.54) is 0 Å². The van der Waals surface area contributed by atoms with Crippen molar-refractivity contribution in [3.63, 3.8) is 0 Å². The van der Waals surface area contributed by atoms with Gasteiger partial charge in [-0.05, 0) is 36.4 Å². The molecule has 0 atom stereocenters. The van der Waals surface area contributed by atoms with Crippen LogP contribution in [-0.4, -0.2) is 26.5 Å². The molecule has 0 radical (unpaired) electrons. The molecule has 0 unspecified atom stereocenters. The summed E-state index contributed by atoms with van der Waals surface area (Å²) < 4.78 is 5.17. The molecule has 106 valence electrons. The van der Waals surface area contributed by atoms with E-state index in [1.54, 1.807) is 6.26 Å². The highest BCUT2D eigenvalue weighted by Crippen LogP contribution is 2.15. The van der Waals surface area contributed by atoms with Crippen LogP contribution in [0.25, 0.3) is 0 Å². The third kappa shape index (κ3) is 4.13. The Balaban J connectivity index is 1.76. The highest BCUT2D eigenvalue weighted by molar-refractivity contribution is 5.92. The first-order valence-corrected chi connectivity index (χ1v) is 6.45. The molecule has 0 aliphatic carbocycles. The van der Waals surface area contributed by atoms with Crippen molar-refractivity contribution >= 4 is 17.3 Å². The van der Waals surface area contributed by atoms with Gasteiger partial charge in [0.15, 0.2) is 0 Å². The molecule has 2 aromatic rings. The Bertz CT molecular complexity index is 533. The lowest BCUT2D eigenvalue weighted by molar-refractivity contribution is -0.115. The second kappa shape index (κ2) is 6.77. The standard InChI is InChI=1S/C15H19N3O2/c1-18(2)13-7-5-12(6-8-13)17-15(19)11-16-10-14-4-3-9-20-14/h3-9,16H,10-11H2,1-2H3,(H,17,19). The molecular weight excluding hydrogens is 254 g/mol. The number of furan rings is 1. The van der Waals surface area contributed by atoms with Crippen molar-refractivity contribution in [2.75, 3.05) is 30.9 Å². The number of anilines is 2. The molecule has 20 heavy (non-hydrogen) atoms. The second-order valence-electron chi connectivity index (χ2n) is 4.67. The maximum Gasteiger partial charge on any atom is 0.238 e. The molecule has 2 N–H and O–H groups in total. The Labute approximate surface area is 118 Å². The number of hydrogen-bond donors (Lipinski definition) is 2. The monoisotopic (exact) mass is 273 g/mol. The largest absolute Gasteiger partial charge is 0.468 e. The van der Waals surface area contributed by atoms with Gasteiger partial charge < -0.3 is 20.0 Å². The molecule has 0 saturated carbocycles. The molecule has 1 amide bonds. The third-order valence-electron chi connectivity index (χ3n) is 2.83. The van der Waals surface area contributed by atoms with Crippen LogP contribution in [0, 0.1) is 0 Å². The lowest BCUT2D eigenvalue weighted by Crippen LogP contribution is -2.27. The van der Waals surface area contributed by atoms with Gasteiger partial charge in [0.05, 0.1) is 19.4 Å². The summed E-state index contributed by atoms with van der Waals surface area (Å²) in [7, 11) is 3.96. The first-order chi connectivity index (χ1) is 9.65. The van der Waals surface area contributed by atoms with Gasteiger partial charge in [0.25, 0.3) is 0 Å². The number of carbonyl (C=O) groups is 1. The van der Waals surface area contributed by atoms with Crippen molar-refractivity contribution in [3.05, 3.63) is 48.4 Å². The zero-order chi connectivity index (χ0) is 14.4. The first-order valence-electron chi connectivity index (χ1n) is 6.45. The van der Waals surface area contributed by atoms with Crippen molar-refractivity contribution in [1.29, 1.82) is 0 Å². The van der Waals surface area contributed by atoms with E-state index < -0.39 is 0 Å². The van der Waals surface area contributed by atoms with E-state index in [2.05, 4.69) is 10.6 Å². The number of nitrogens with zero attached hydrogens (tertiary/aromatic N) is 1. The lowest BCUT2D eigenvalue weighted by Gasteiger charge is -2.13. The van der Waals surface area contributed by atoms with Gasteiger partial charge in [0.2, 0.25) is 5.91 Å². The van der Waals surface area contributed by atoms with Crippen LogP contribution in [0.2, 0.25) is 0 Å². The van der Waals surface area contributed by atoms with Crippen molar-refractivity contribution < 1.29 is 9.21 Å². The molecular formula is C15H19N3O2. The Hall–Kier alpha value is -2.27. The van der Waals surface area contributed by atoms with E-state index in [1.807, 2.05) is 55.4 Å². The summed E-state index contributed by atoms with van der Waals surface area (Å²) in [5, 5.41) is 5.86. The van der Waals surface area contributed by atoms with Gasteiger partial charge in [-0.15, -0.1) is 0 Å². The van der Waals surface area contributed by atoms with Crippen LogP contribution in [0.1, 0.15) is 5.76 Å². The Morgan fingerprint density at radius 1 is 1.20 bits per heavy atom. The number of hydrogen-bond acceptors (Lipinski definition) is 4. The number of amides is 1. The Morgan fingerprint density at radius 3 is 2.55 bits per heavy atom. The third-order valence-corrected chi connectivity index (χ3v) is 2.83. The van der Waals surface area contributed by atoms with Gasteiger partial charge in [-0.25, -0.2) is 0 Å². The predicted molar refractivity (Wildman–Crippen MR) is 79.8 cm³/mol. The molecule has 0 fully saturated rings. The fourth-order valence-corrected chi connectivity index (χ4v) is 1.76. The fourth-order valence-electron chi connectivity index (χ4n) is 1.76. The van der Waals surface area contributed by atoms with Gasteiger partial charge in [-0.1, -0.05) is 0 Å². The SMILES string of the molecule is CN(C)c1ccc(NC(=O)CNCc2ccco2)cc1. The minimum absolute atomic E-state index is 0.0749. The zero-order valence-corrected chi connectivity index (χ0v) is 11.7. The molecule has 0 aliphatic rings. The van der Waals surface area contributed by atoms with Crippen LogP contribution in [0.5, 0.6) is 0 Å². The van der Waals surface area contributed by atoms with Crippen LogP contribution >= 0.6 is 0 Å². The van der Waals surface area contributed by atoms with Crippen molar-refractivity contribution in [2.24, 2.45) is 0 Å². The van der Waals surface area contributed by atoms with E-state index in [9.17, 15) is 4.79 Å². The summed E-state index contributed by atoms with van der Waals surface area (Å²) >= 11 is 0. The fraction of sp³-hybridized carbons (Fsp3) is 0.267. The second-order valence-corrected chi connectivity index (χ2v) is 4.67. The van der Waals surface area contributed by atoms with Crippen molar-refractivity contribution in [3.8, 4) is 0 Å². The lowest BCUT2D eigenvalue weighted by atomic mass is 10.2. The zero-order valence-electron chi connectivity index (χ0n) is 11.7. The minimum Gasteiger partial charge on any atom is -0.468 e. The van der Waals surface area contributed by atoms with Crippen molar-refractivity contribution in [1.82, 2.24) is 5.32 Å². The summed E-state index contributed by atoms with van der Waals surface area (Å²) in [5.74, 6) is 0.738. The summed E-state index contributed by atoms with van der Waals surface area (Å²) in [5.41, 5.74) is 1.89. The molecule has 1 heterocycles. The van der Waals surface area contributed by atoms with Crippen LogP contribution < -0.4 is 15.5 Å². The van der Waals surface area contributed by atoms with E-state index in [0.717, 1.165) is 17.1 Å². The van der Waals surface area contributed by atoms with Gasteiger partial charge in [0, 0.05) is 25.5 Å². The minimum atomic E-state index is -0.0749. The van der Waals surface area contributed by atoms with Crippen LogP contribution in [0.3, 0.4) is 0 Å². The smallest absolute Gasteiger partial charge is 0.238 e. The van der Waals surface area contributed by atoms with Gasteiger partial charge in [-0.2, -0.15) is 0 Å². The molecule has 1 aromatic carbocycles. The molecule has 0 aliphatic heterocycles. The number of carbonyl (C=O) groups excluding carboxylic acids is 1. The maximum absolute atomic E-state index is 11.7. The van der Waals surface area contributed by atoms with E-state index >= 15 is 0 Å². The number of benzene rings is 1. The van der Waals surface area contributed by atoms with Crippen molar-refractivity contribution in [2.45, 2.75) is 6.54 Å². The molecule has 5 heteroatoms. The molecule has 0 saturated heterocycles. The summed E-state index contributed by atoms with van der Waals surface area (Å²) in [6.07, 6.45) is 1.61. The summed E-state index contributed by atoms with van der Waals surface area (Å²) in [6, 6.07) is 11.4. The molecule has 2 rings (SSSR count). The molecule has 5 nitrogen and oxygen atoms in total. The average Bonchev–Trinajstić information content (AvgIpc) is 2.92. The quantitative estimate of drug-likeness (QED) is 0.846.